The van der Waals surface area contributed by atoms with E-state index < -0.39 is 12.2 Å². The zero-order valence-corrected chi connectivity index (χ0v) is 6.71. The maximum absolute atomic E-state index is 8.58. The molecule has 0 rings (SSSR count). The molecule has 0 aliphatic heterocycles. The molecule has 0 fully saturated rings. The van der Waals surface area contributed by atoms with Gasteiger partial charge in [0.05, 0.1) is 0 Å². The molecular weight excluding hydrogens is 156 g/mol. The molecule has 2 unspecified atom stereocenters. The topological polar surface area (TPSA) is 92.5 Å². The van der Waals surface area contributed by atoms with E-state index >= 15 is 0 Å². The van der Waals surface area contributed by atoms with E-state index in [1.807, 2.05) is 0 Å². The van der Waals surface area contributed by atoms with Crippen LogP contribution in [0.4, 0.5) is 0 Å². The van der Waals surface area contributed by atoms with E-state index in [1.165, 1.54) is 0 Å². The summed E-state index contributed by atoms with van der Waals surface area (Å²) in [6.07, 6.45) is -1.39. The Balaban J connectivity index is 0. The number of nitrogens with two attached hydrogens (primary N) is 2. The van der Waals surface area contributed by atoms with E-state index in [1.54, 1.807) is 6.92 Å². The fourth-order valence-corrected chi connectivity index (χ4v) is 0.608. The van der Waals surface area contributed by atoms with Crippen LogP contribution in [0.2, 0.25) is 0 Å². The largest absolute Gasteiger partial charge is 0.368 e. The summed E-state index contributed by atoms with van der Waals surface area (Å²) in [5.41, 5.74) is 10.5. The maximum atomic E-state index is 8.58. The van der Waals surface area contributed by atoms with Gasteiger partial charge in [0.2, 0.25) is 0 Å². The normalized spacial score (nSPS) is 16.2. The lowest BCUT2D eigenvalue weighted by atomic mass is 10.0. The third-order valence-corrected chi connectivity index (χ3v) is 1.33. The number of rotatable bonds is 3. The summed E-state index contributed by atoms with van der Waals surface area (Å²) in [5, 5.41) is 17.2. The zero-order chi connectivity index (χ0) is 7.44. The zero-order valence-electron chi connectivity index (χ0n) is 5.90. The Morgan fingerprint density at radius 2 is 1.80 bits per heavy atom. The van der Waals surface area contributed by atoms with Crippen molar-refractivity contribution in [2.45, 2.75) is 19.3 Å². The van der Waals surface area contributed by atoms with Crippen LogP contribution in [-0.4, -0.2) is 29.1 Å². The molecule has 5 heteroatoms. The molecule has 10 heavy (non-hydrogen) atoms. The second-order valence-corrected chi connectivity index (χ2v) is 2.17. The summed E-state index contributed by atoms with van der Waals surface area (Å²) in [4.78, 5) is 0. The highest BCUT2D eigenvalue weighted by Crippen LogP contribution is 2.02. The van der Waals surface area contributed by atoms with Crippen LogP contribution in [0, 0.1) is 5.92 Å². The van der Waals surface area contributed by atoms with Crippen LogP contribution in [0.1, 0.15) is 6.92 Å². The van der Waals surface area contributed by atoms with Crippen molar-refractivity contribution < 1.29 is 10.2 Å². The smallest absolute Gasteiger partial charge is 0.156 e. The molecule has 0 bridgehead atoms. The van der Waals surface area contributed by atoms with Crippen molar-refractivity contribution in [3.05, 3.63) is 0 Å². The van der Waals surface area contributed by atoms with Crippen LogP contribution in [0.15, 0.2) is 0 Å². The first-order chi connectivity index (χ1) is 4.09. The van der Waals surface area contributed by atoms with Gasteiger partial charge in [-0.25, -0.2) is 0 Å². The third kappa shape index (κ3) is 4.03. The lowest BCUT2D eigenvalue weighted by Gasteiger charge is -2.19. The van der Waals surface area contributed by atoms with Crippen LogP contribution in [-0.2, 0) is 0 Å². The number of hydrogen-bond acceptors (Lipinski definition) is 4. The fraction of sp³-hybridized carbons (Fsp3) is 1.00. The summed E-state index contributed by atoms with van der Waals surface area (Å²) in [6.45, 7) is 1.90. The van der Waals surface area contributed by atoms with Crippen molar-refractivity contribution in [2.75, 3.05) is 6.54 Å². The van der Waals surface area contributed by atoms with Gasteiger partial charge in [-0.1, -0.05) is 0 Å². The van der Waals surface area contributed by atoms with Crippen molar-refractivity contribution >= 4 is 12.4 Å². The Morgan fingerprint density at radius 1 is 1.40 bits per heavy atom. The van der Waals surface area contributed by atoms with E-state index in [9.17, 15) is 0 Å². The van der Waals surface area contributed by atoms with Crippen LogP contribution < -0.4 is 11.5 Å². The average Bonchev–Trinajstić information content (AvgIpc) is 1.64. The summed E-state index contributed by atoms with van der Waals surface area (Å²) in [7, 11) is 0. The molecule has 0 saturated carbocycles. The molecule has 0 aromatic rings. The molecule has 4 nitrogen and oxygen atoms in total. The molecule has 0 aromatic carbocycles. The van der Waals surface area contributed by atoms with Crippen LogP contribution in [0.3, 0.4) is 0 Å². The highest BCUT2D eigenvalue weighted by molar-refractivity contribution is 5.85. The van der Waals surface area contributed by atoms with Crippen molar-refractivity contribution in [1.29, 1.82) is 0 Å². The first-order valence-electron chi connectivity index (χ1n) is 2.91. The van der Waals surface area contributed by atoms with E-state index in [4.69, 9.17) is 21.7 Å². The van der Waals surface area contributed by atoms with Crippen molar-refractivity contribution in [2.24, 2.45) is 17.4 Å². The SMILES string of the molecule is CC(N)C(CN)C(O)O.Cl. The summed E-state index contributed by atoms with van der Waals surface area (Å²) in [5.74, 6) is -0.412. The first-order valence-corrected chi connectivity index (χ1v) is 2.91. The quantitative estimate of drug-likeness (QED) is 0.394. The molecule has 0 spiro atoms. The molecule has 0 amide bonds. The lowest BCUT2D eigenvalue weighted by molar-refractivity contribution is -0.0857. The number of aliphatic hydroxyl groups is 2. The second kappa shape index (κ2) is 5.88. The maximum Gasteiger partial charge on any atom is 0.156 e. The third-order valence-electron chi connectivity index (χ3n) is 1.33. The van der Waals surface area contributed by atoms with E-state index in [-0.39, 0.29) is 25.0 Å². The lowest BCUT2D eigenvalue weighted by Crippen LogP contribution is -2.40. The van der Waals surface area contributed by atoms with Gasteiger partial charge in [-0.3, -0.25) is 0 Å². The van der Waals surface area contributed by atoms with Gasteiger partial charge >= 0.3 is 0 Å². The number of halogens is 1. The highest BCUT2D eigenvalue weighted by atomic mass is 35.5. The van der Waals surface area contributed by atoms with Gasteiger partial charge in [0.1, 0.15) is 0 Å². The Kier molecular flexibility index (Phi) is 7.51. The first kappa shape index (κ1) is 12.8. The minimum Gasteiger partial charge on any atom is -0.368 e. The summed E-state index contributed by atoms with van der Waals surface area (Å²) in [6, 6.07) is -0.269. The van der Waals surface area contributed by atoms with Crippen molar-refractivity contribution in [1.82, 2.24) is 0 Å². The van der Waals surface area contributed by atoms with Crippen molar-refractivity contribution in [3.8, 4) is 0 Å². The number of hydrogen-bond donors (Lipinski definition) is 4. The van der Waals surface area contributed by atoms with Crippen molar-refractivity contribution in [3.63, 3.8) is 0 Å². The average molecular weight is 171 g/mol. The molecular formula is C5H15ClN2O2. The molecule has 0 heterocycles. The van der Waals surface area contributed by atoms with Gasteiger partial charge in [0.25, 0.3) is 0 Å². The second-order valence-electron chi connectivity index (χ2n) is 2.17. The van der Waals surface area contributed by atoms with Gasteiger partial charge in [-0.05, 0) is 6.92 Å². The van der Waals surface area contributed by atoms with Gasteiger partial charge in [-0.15, -0.1) is 12.4 Å². The highest BCUT2D eigenvalue weighted by Gasteiger charge is 2.18. The molecule has 0 aromatic heterocycles. The van der Waals surface area contributed by atoms with Gasteiger partial charge in [0, 0.05) is 18.5 Å². The molecule has 64 valence electrons. The van der Waals surface area contributed by atoms with E-state index in [2.05, 4.69) is 0 Å². The van der Waals surface area contributed by atoms with E-state index in [0.717, 1.165) is 0 Å². The van der Waals surface area contributed by atoms with E-state index in [0.29, 0.717) is 0 Å². The fourth-order valence-electron chi connectivity index (χ4n) is 0.608. The Labute approximate surface area is 66.6 Å². The summed E-state index contributed by atoms with van der Waals surface area (Å²) >= 11 is 0. The van der Waals surface area contributed by atoms with Gasteiger partial charge < -0.3 is 21.7 Å². The molecule has 0 aliphatic carbocycles. The Hall–Kier alpha value is 0.130. The van der Waals surface area contributed by atoms with Crippen LogP contribution in [0.5, 0.6) is 0 Å². The minimum atomic E-state index is -1.39. The van der Waals surface area contributed by atoms with Gasteiger partial charge in [-0.2, -0.15) is 0 Å². The van der Waals surface area contributed by atoms with Crippen LogP contribution >= 0.6 is 12.4 Å². The monoisotopic (exact) mass is 170 g/mol. The van der Waals surface area contributed by atoms with Crippen LogP contribution in [0.25, 0.3) is 0 Å². The Morgan fingerprint density at radius 3 is 1.80 bits per heavy atom. The molecule has 6 N–H and O–H groups in total. The van der Waals surface area contributed by atoms with Gasteiger partial charge in [0.15, 0.2) is 6.29 Å². The predicted octanol–water partition coefficient (Wildman–Crippen LogP) is -1.36. The molecule has 2 atom stereocenters. The minimum absolute atomic E-state index is 0. The molecule has 0 radical (unpaired) electrons. The standard InChI is InChI=1S/C5H14N2O2.ClH/c1-3(7)4(2-6)5(8)9;/h3-5,8-9H,2,6-7H2,1H3;1H. The Bertz CT molecular complexity index is 72.0. The molecule has 0 aliphatic rings. The predicted molar refractivity (Wildman–Crippen MR) is 41.7 cm³/mol. The molecule has 0 saturated heterocycles. The summed E-state index contributed by atoms with van der Waals surface area (Å²) < 4.78 is 0. The number of aliphatic hydroxyl groups excluding tert-OH is 1.